The van der Waals surface area contributed by atoms with Gasteiger partial charge in [-0.05, 0) is 11.6 Å². The average Bonchev–Trinajstić information content (AvgIpc) is 2.45. The fourth-order valence-corrected chi connectivity index (χ4v) is 1.96. The normalized spacial score (nSPS) is 11.9. The van der Waals surface area contributed by atoms with Crippen LogP contribution in [-0.4, -0.2) is 11.0 Å². The Bertz CT molecular complexity index is 557. The number of hydrogen-bond acceptors (Lipinski definition) is 2. The number of benzene rings is 2. The number of amides is 1. The Balaban J connectivity index is 1.99. The number of carbonyl (C=O) groups is 1. The second kappa shape index (κ2) is 6.36. The van der Waals surface area contributed by atoms with Gasteiger partial charge in [-0.3, -0.25) is 4.79 Å². The summed E-state index contributed by atoms with van der Waals surface area (Å²) in [6.07, 6.45) is -1.25. The van der Waals surface area contributed by atoms with Gasteiger partial charge in [-0.1, -0.05) is 60.1 Å². The van der Waals surface area contributed by atoms with E-state index in [0.717, 1.165) is 5.56 Å². The average molecular weight is 276 g/mol. The second-order valence-corrected chi connectivity index (χ2v) is 4.53. The highest BCUT2D eigenvalue weighted by Crippen LogP contribution is 2.22. The molecule has 19 heavy (non-hydrogen) atoms. The van der Waals surface area contributed by atoms with Crippen molar-refractivity contribution in [3.8, 4) is 0 Å². The van der Waals surface area contributed by atoms with Gasteiger partial charge in [-0.25, -0.2) is 0 Å². The molecule has 0 aliphatic heterocycles. The highest BCUT2D eigenvalue weighted by Gasteiger charge is 2.19. The lowest BCUT2D eigenvalue weighted by Crippen LogP contribution is -2.28. The predicted molar refractivity (Wildman–Crippen MR) is 74.7 cm³/mol. The second-order valence-electron chi connectivity index (χ2n) is 4.13. The SMILES string of the molecule is O=C(NCc1ccccc1)C(O)c1ccccc1Cl. The summed E-state index contributed by atoms with van der Waals surface area (Å²) in [7, 11) is 0. The number of aliphatic hydroxyl groups excluding tert-OH is 1. The van der Waals surface area contributed by atoms with Gasteiger partial charge in [0.2, 0.25) is 0 Å². The Kier molecular flexibility index (Phi) is 4.55. The van der Waals surface area contributed by atoms with Crippen LogP contribution >= 0.6 is 11.6 Å². The van der Waals surface area contributed by atoms with Crippen molar-refractivity contribution in [2.24, 2.45) is 0 Å². The van der Waals surface area contributed by atoms with Crippen LogP contribution in [0.25, 0.3) is 0 Å². The lowest BCUT2D eigenvalue weighted by molar-refractivity contribution is -0.129. The minimum Gasteiger partial charge on any atom is -0.378 e. The number of halogens is 1. The zero-order chi connectivity index (χ0) is 13.7. The van der Waals surface area contributed by atoms with Crippen molar-refractivity contribution in [2.45, 2.75) is 12.6 Å². The van der Waals surface area contributed by atoms with Crippen LogP contribution in [0.3, 0.4) is 0 Å². The maximum atomic E-state index is 11.8. The number of rotatable bonds is 4. The van der Waals surface area contributed by atoms with Gasteiger partial charge in [-0.15, -0.1) is 0 Å². The number of carbonyl (C=O) groups excluding carboxylic acids is 1. The molecule has 0 saturated carbocycles. The van der Waals surface area contributed by atoms with Crippen LogP contribution in [0.2, 0.25) is 5.02 Å². The van der Waals surface area contributed by atoms with Gasteiger partial charge in [0.1, 0.15) is 0 Å². The summed E-state index contributed by atoms with van der Waals surface area (Å²) >= 11 is 5.94. The molecule has 0 bridgehead atoms. The molecule has 0 spiro atoms. The molecule has 0 aliphatic rings. The van der Waals surface area contributed by atoms with Gasteiger partial charge >= 0.3 is 0 Å². The summed E-state index contributed by atoms with van der Waals surface area (Å²) in [5.41, 5.74) is 1.39. The topological polar surface area (TPSA) is 49.3 Å². The Labute approximate surface area is 116 Å². The van der Waals surface area contributed by atoms with Crippen molar-refractivity contribution >= 4 is 17.5 Å². The fourth-order valence-electron chi connectivity index (χ4n) is 1.72. The smallest absolute Gasteiger partial charge is 0.253 e. The Morgan fingerprint density at radius 1 is 1.11 bits per heavy atom. The lowest BCUT2D eigenvalue weighted by Gasteiger charge is -2.13. The van der Waals surface area contributed by atoms with Gasteiger partial charge < -0.3 is 10.4 Å². The highest BCUT2D eigenvalue weighted by molar-refractivity contribution is 6.31. The minimum absolute atomic E-state index is 0.376. The van der Waals surface area contributed by atoms with E-state index < -0.39 is 12.0 Å². The minimum atomic E-state index is -1.25. The molecule has 3 nitrogen and oxygen atoms in total. The summed E-state index contributed by atoms with van der Waals surface area (Å²) in [5, 5.41) is 13.0. The first kappa shape index (κ1) is 13.6. The molecule has 0 fully saturated rings. The van der Waals surface area contributed by atoms with Crippen molar-refractivity contribution in [2.75, 3.05) is 0 Å². The van der Waals surface area contributed by atoms with E-state index in [0.29, 0.717) is 17.1 Å². The zero-order valence-electron chi connectivity index (χ0n) is 10.2. The van der Waals surface area contributed by atoms with Crippen molar-refractivity contribution in [3.05, 3.63) is 70.7 Å². The van der Waals surface area contributed by atoms with E-state index in [1.165, 1.54) is 0 Å². The van der Waals surface area contributed by atoms with Crippen molar-refractivity contribution in [3.63, 3.8) is 0 Å². The largest absolute Gasteiger partial charge is 0.378 e. The summed E-state index contributed by atoms with van der Waals surface area (Å²) in [4.78, 5) is 11.8. The Morgan fingerprint density at radius 2 is 1.74 bits per heavy atom. The molecule has 2 rings (SSSR count). The molecular formula is C15H14ClNO2. The highest BCUT2D eigenvalue weighted by atomic mass is 35.5. The molecule has 1 atom stereocenters. The molecule has 4 heteroatoms. The van der Waals surface area contributed by atoms with Gasteiger partial charge in [0, 0.05) is 17.1 Å². The van der Waals surface area contributed by atoms with Crippen molar-refractivity contribution in [1.82, 2.24) is 5.32 Å². The third-order valence-corrected chi connectivity index (χ3v) is 3.10. The number of aliphatic hydroxyl groups is 1. The van der Waals surface area contributed by atoms with Crippen LogP contribution in [0.5, 0.6) is 0 Å². The maximum absolute atomic E-state index is 11.8. The van der Waals surface area contributed by atoms with E-state index in [2.05, 4.69) is 5.32 Å². The molecule has 0 saturated heterocycles. The van der Waals surface area contributed by atoms with Crippen LogP contribution in [0.4, 0.5) is 0 Å². The summed E-state index contributed by atoms with van der Waals surface area (Å²) in [6.45, 7) is 0.376. The molecule has 2 N–H and O–H groups in total. The molecule has 0 heterocycles. The van der Waals surface area contributed by atoms with Crippen molar-refractivity contribution in [1.29, 1.82) is 0 Å². The van der Waals surface area contributed by atoms with Crippen molar-refractivity contribution < 1.29 is 9.90 Å². The maximum Gasteiger partial charge on any atom is 0.253 e. The lowest BCUT2D eigenvalue weighted by atomic mass is 10.1. The summed E-state index contributed by atoms with van der Waals surface area (Å²) < 4.78 is 0. The van der Waals surface area contributed by atoms with Gasteiger partial charge in [-0.2, -0.15) is 0 Å². The van der Waals surface area contributed by atoms with Crippen LogP contribution in [-0.2, 0) is 11.3 Å². The zero-order valence-corrected chi connectivity index (χ0v) is 11.0. The first-order chi connectivity index (χ1) is 9.18. The molecule has 2 aromatic carbocycles. The Hall–Kier alpha value is -1.84. The monoisotopic (exact) mass is 275 g/mol. The number of nitrogens with one attached hydrogen (secondary N) is 1. The van der Waals surface area contributed by atoms with Gasteiger partial charge in [0.25, 0.3) is 5.91 Å². The molecule has 1 amide bonds. The Morgan fingerprint density at radius 3 is 2.42 bits per heavy atom. The third kappa shape index (κ3) is 3.56. The molecule has 2 aromatic rings. The van der Waals surface area contributed by atoms with Crippen LogP contribution in [0.1, 0.15) is 17.2 Å². The van der Waals surface area contributed by atoms with E-state index in [1.807, 2.05) is 30.3 Å². The van der Waals surface area contributed by atoms with E-state index in [1.54, 1.807) is 24.3 Å². The van der Waals surface area contributed by atoms with E-state index in [9.17, 15) is 9.90 Å². The first-order valence-corrected chi connectivity index (χ1v) is 6.30. The van der Waals surface area contributed by atoms with E-state index in [4.69, 9.17) is 11.6 Å². The van der Waals surface area contributed by atoms with Crippen LogP contribution in [0.15, 0.2) is 54.6 Å². The first-order valence-electron chi connectivity index (χ1n) is 5.92. The predicted octanol–water partition coefficient (Wildman–Crippen LogP) is 2.69. The molecule has 0 aromatic heterocycles. The van der Waals surface area contributed by atoms with E-state index >= 15 is 0 Å². The third-order valence-electron chi connectivity index (χ3n) is 2.76. The van der Waals surface area contributed by atoms with Crippen LogP contribution in [0, 0.1) is 0 Å². The standard InChI is InChI=1S/C15H14ClNO2/c16-13-9-5-4-8-12(13)14(18)15(19)17-10-11-6-2-1-3-7-11/h1-9,14,18H,10H2,(H,17,19). The number of hydrogen-bond donors (Lipinski definition) is 2. The quantitative estimate of drug-likeness (QED) is 0.901. The molecule has 0 aliphatic carbocycles. The van der Waals surface area contributed by atoms with E-state index in [-0.39, 0.29) is 0 Å². The molecule has 98 valence electrons. The van der Waals surface area contributed by atoms with Gasteiger partial charge in [0.15, 0.2) is 6.10 Å². The summed E-state index contributed by atoms with van der Waals surface area (Å²) in [6, 6.07) is 16.3. The fraction of sp³-hybridized carbons (Fsp3) is 0.133. The molecule has 1 unspecified atom stereocenters. The molecular weight excluding hydrogens is 262 g/mol. The molecule has 0 radical (unpaired) electrons. The van der Waals surface area contributed by atoms with Gasteiger partial charge in [0.05, 0.1) is 0 Å². The van der Waals surface area contributed by atoms with Crippen LogP contribution < -0.4 is 5.32 Å². The summed E-state index contributed by atoms with van der Waals surface area (Å²) in [5.74, 6) is -0.461.